The summed E-state index contributed by atoms with van der Waals surface area (Å²) >= 11 is -1.12. The number of hydrogen-bond donors (Lipinski definition) is 6. The average Bonchev–Trinajstić information content (AvgIpc) is 3.35. The summed E-state index contributed by atoms with van der Waals surface area (Å²) in [5.74, 6) is -2.05. The predicted octanol–water partition coefficient (Wildman–Crippen LogP) is 6.23. The molecule has 2 aliphatic heterocycles. The lowest BCUT2D eigenvalue weighted by molar-refractivity contribution is -0.137. The SMILES string of the molecule is CC1(CCCS(=O)(=O)O)C(/C=C/C=C/C=C2/N(CCCCCC(=O)O)c3ccc(S(=O)(=O)O)cc3C2(C)CCCS(=O)(=O)O)=IN(C(C)(C)CCO)c2ccc(S(=O)(=O)O)cc21. The topological polar surface area (TPSA) is 281 Å². The molecule has 2 atom stereocenters. The van der Waals surface area contributed by atoms with Crippen molar-refractivity contribution >= 4 is 82.3 Å². The zero-order valence-electron chi connectivity index (χ0n) is 34.8. The molecule has 0 saturated carbocycles. The Labute approximate surface area is 374 Å². The normalized spacial score (nSPS) is 20.7. The van der Waals surface area contributed by atoms with Crippen LogP contribution in [0.1, 0.15) is 96.6 Å². The van der Waals surface area contributed by atoms with E-state index in [-0.39, 0.29) is 48.5 Å². The minimum Gasteiger partial charge on any atom is -0.481 e. The number of unbranched alkanes of at least 4 members (excludes halogenated alkanes) is 2. The number of allylic oxidation sites excluding steroid dienone is 6. The molecule has 62 heavy (non-hydrogen) atoms. The van der Waals surface area contributed by atoms with E-state index in [0.29, 0.717) is 60.4 Å². The summed E-state index contributed by atoms with van der Waals surface area (Å²) in [7, 11) is -18.0. The van der Waals surface area contributed by atoms with Gasteiger partial charge in [-0.25, -0.2) is 0 Å². The molecule has 4 rings (SSSR count). The van der Waals surface area contributed by atoms with Gasteiger partial charge in [0.1, 0.15) is 0 Å². The molecule has 0 bridgehead atoms. The smallest absolute Gasteiger partial charge is 0.303 e. The fraction of sp³-hybridized carbons (Fsp3) is 0.500. The molecule has 2 aromatic rings. The van der Waals surface area contributed by atoms with Crippen LogP contribution in [0.15, 0.2) is 82.3 Å². The monoisotopic (exact) mass is 1060 g/mol. The van der Waals surface area contributed by atoms with Crippen LogP contribution in [0.2, 0.25) is 0 Å². The Bertz CT molecular complexity index is 2590. The molecule has 22 heteroatoms. The third-order valence-electron chi connectivity index (χ3n) is 11.2. The maximum atomic E-state index is 12.4. The van der Waals surface area contributed by atoms with Crippen LogP contribution in [0.4, 0.5) is 11.4 Å². The number of hydrogen-bond acceptors (Lipinski definition) is 12. The molecule has 0 radical (unpaired) electrons. The fourth-order valence-corrected chi connectivity index (χ4v) is 13.5. The first-order chi connectivity index (χ1) is 28.5. The predicted molar refractivity (Wildman–Crippen MR) is 246 cm³/mol. The summed E-state index contributed by atoms with van der Waals surface area (Å²) in [6.45, 7) is 7.73. The number of benzene rings is 2. The number of nitrogens with zero attached hydrogens (tertiary/aromatic N) is 2. The third kappa shape index (κ3) is 13.0. The van der Waals surface area contributed by atoms with E-state index in [4.69, 9.17) is 5.11 Å². The van der Waals surface area contributed by atoms with E-state index >= 15 is 0 Å². The van der Waals surface area contributed by atoms with Crippen molar-refractivity contribution in [2.24, 2.45) is 0 Å². The molecule has 0 aromatic heterocycles. The van der Waals surface area contributed by atoms with Crippen molar-refractivity contribution in [3.8, 4) is 0 Å². The highest BCUT2D eigenvalue weighted by molar-refractivity contribution is 14.2. The molecule has 0 amide bonds. The molecule has 2 aliphatic rings. The number of rotatable bonds is 22. The minimum atomic E-state index is -4.66. The summed E-state index contributed by atoms with van der Waals surface area (Å²) in [4.78, 5) is 12.4. The second-order valence-electron chi connectivity index (χ2n) is 16.4. The second kappa shape index (κ2) is 20.0. The van der Waals surface area contributed by atoms with Crippen LogP contribution in [-0.2, 0) is 56.1 Å². The van der Waals surface area contributed by atoms with Crippen LogP contribution in [0.3, 0.4) is 0 Å². The average molecular weight is 1060 g/mol. The van der Waals surface area contributed by atoms with Gasteiger partial charge in [-0.2, -0.15) is 33.7 Å². The molecule has 2 aromatic carbocycles. The quantitative estimate of drug-likeness (QED) is 0.0250. The third-order valence-corrected chi connectivity index (χ3v) is 18.9. The number of aliphatic hydroxyl groups is 1. The number of carboxylic acids is 1. The van der Waals surface area contributed by atoms with Gasteiger partial charge in [0.2, 0.25) is 0 Å². The van der Waals surface area contributed by atoms with Gasteiger partial charge in [-0.1, -0.05) is 37.6 Å². The van der Waals surface area contributed by atoms with Crippen LogP contribution in [0, 0.1) is 0 Å². The van der Waals surface area contributed by atoms with E-state index in [1.54, 1.807) is 43.4 Å². The number of halogens is 1. The molecule has 346 valence electrons. The van der Waals surface area contributed by atoms with Crippen molar-refractivity contribution in [3.63, 3.8) is 0 Å². The first kappa shape index (κ1) is 51.6. The van der Waals surface area contributed by atoms with Gasteiger partial charge in [0.25, 0.3) is 40.5 Å². The summed E-state index contributed by atoms with van der Waals surface area (Å²) in [6, 6.07) is 8.38. The van der Waals surface area contributed by atoms with Gasteiger partial charge in [0, 0.05) is 71.8 Å². The van der Waals surface area contributed by atoms with E-state index < -0.39 is 95.3 Å². The molecule has 2 unspecified atom stereocenters. The van der Waals surface area contributed by atoms with Gasteiger partial charge in [0.15, 0.2) is 0 Å². The summed E-state index contributed by atoms with van der Waals surface area (Å²) < 4.78 is 138. The van der Waals surface area contributed by atoms with Gasteiger partial charge in [-0.3, -0.25) is 23.0 Å². The van der Waals surface area contributed by atoms with Crippen LogP contribution >= 0.6 is 21.0 Å². The Morgan fingerprint density at radius 2 is 1.26 bits per heavy atom. The summed E-state index contributed by atoms with van der Waals surface area (Å²) in [6.07, 6.45) is 10.9. The zero-order chi connectivity index (χ0) is 46.5. The van der Waals surface area contributed by atoms with Gasteiger partial charge in [-0.05, 0) is 119 Å². The Morgan fingerprint density at radius 3 is 1.77 bits per heavy atom. The number of carbonyl (C=O) groups is 1. The van der Waals surface area contributed by atoms with Gasteiger partial charge >= 0.3 is 5.97 Å². The van der Waals surface area contributed by atoms with Crippen molar-refractivity contribution in [2.45, 2.75) is 112 Å². The molecule has 6 N–H and O–H groups in total. The highest BCUT2D eigenvalue weighted by Crippen LogP contribution is 2.52. The van der Waals surface area contributed by atoms with Gasteiger partial charge in [0.05, 0.1) is 27.0 Å². The van der Waals surface area contributed by atoms with Gasteiger partial charge < -0.3 is 18.2 Å². The lowest BCUT2D eigenvalue weighted by Crippen LogP contribution is -2.45. The fourth-order valence-electron chi connectivity index (χ4n) is 7.91. The molecule has 2 heterocycles. The Kier molecular flexibility index (Phi) is 16.6. The molecule has 0 saturated heterocycles. The van der Waals surface area contributed by atoms with E-state index in [1.165, 1.54) is 24.3 Å². The van der Waals surface area contributed by atoms with E-state index in [9.17, 15) is 61.8 Å². The highest BCUT2D eigenvalue weighted by atomic mass is 127. The standard InChI is InChI=1S/C40H55IN2O15S4/c1-38(2,22-24-44)43-34-19-17-30(62(56,57)58)28-32(34)39(3,20-11-25-59(47,48)49)35(41-43)13-7-5-8-14-36-40(4,21-12-26-60(50,51)52)31-27-29(61(53,54)55)16-18-33(31)42(36)23-10-6-9-15-37(45)46/h5,7-8,13-14,16-19,27-28,44H,6,9-12,15,20-26H2,1-4H3,(H,45,46)(H,47,48,49)(H,50,51,52)(H,53,54,55)(H,56,57,58)/b8-5+,13-7+,36-14+. The lowest BCUT2D eigenvalue weighted by atomic mass is 9.74. The first-order valence-electron chi connectivity index (χ1n) is 19.7. The molecule has 0 spiro atoms. The van der Waals surface area contributed by atoms with Crippen molar-refractivity contribution in [3.05, 3.63) is 83.6 Å². The zero-order valence-corrected chi connectivity index (χ0v) is 40.2. The number of aliphatic hydroxyl groups excluding tert-OH is 1. The molecule has 0 fully saturated rings. The largest absolute Gasteiger partial charge is 0.481 e. The Balaban J connectivity index is 1.86. The highest BCUT2D eigenvalue weighted by Gasteiger charge is 2.44. The molecule has 17 nitrogen and oxygen atoms in total. The number of aliphatic carboxylic acids is 1. The van der Waals surface area contributed by atoms with Crippen LogP contribution in [-0.4, -0.2) is 102 Å². The summed E-state index contributed by atoms with van der Waals surface area (Å²) in [5.41, 5.74) is 0.214. The lowest BCUT2D eigenvalue weighted by Gasteiger charge is -2.46. The first-order valence-corrected chi connectivity index (χ1v) is 27.8. The molecule has 0 aliphatic carbocycles. The van der Waals surface area contributed by atoms with Gasteiger partial charge in [-0.15, -0.1) is 0 Å². The number of anilines is 2. The maximum absolute atomic E-state index is 12.4. The Morgan fingerprint density at radius 1 is 0.726 bits per heavy atom. The van der Waals surface area contributed by atoms with Crippen molar-refractivity contribution in [1.29, 1.82) is 0 Å². The summed E-state index contributed by atoms with van der Waals surface area (Å²) in [5, 5.41) is 19.1. The minimum absolute atomic E-state index is 0.0100. The van der Waals surface area contributed by atoms with E-state index in [2.05, 4.69) is 3.11 Å². The number of carboxylic acid groups (broad SMARTS) is 1. The van der Waals surface area contributed by atoms with E-state index in [1.807, 2.05) is 31.7 Å². The molecular weight excluding hydrogens is 1000 g/mol. The van der Waals surface area contributed by atoms with Crippen molar-refractivity contribution in [1.82, 2.24) is 0 Å². The van der Waals surface area contributed by atoms with Crippen molar-refractivity contribution in [2.75, 3.05) is 32.7 Å². The molecular formula is C40H55IN2O15S4. The van der Waals surface area contributed by atoms with Crippen LogP contribution in [0.5, 0.6) is 0 Å². The van der Waals surface area contributed by atoms with Crippen LogP contribution < -0.4 is 8.01 Å². The Hall–Kier alpha value is -3.07. The van der Waals surface area contributed by atoms with Crippen LogP contribution in [0.25, 0.3) is 0 Å². The second-order valence-corrected chi connectivity index (χ2v) is 25.0. The van der Waals surface area contributed by atoms with E-state index in [0.717, 1.165) is 3.51 Å². The maximum Gasteiger partial charge on any atom is 0.303 e. The van der Waals surface area contributed by atoms with Crippen molar-refractivity contribution < 1.29 is 66.9 Å². The number of fused-ring (bicyclic) bond motifs is 2.